The van der Waals surface area contributed by atoms with E-state index in [9.17, 15) is 5.11 Å². The molecule has 13 heavy (non-hydrogen) atoms. The van der Waals surface area contributed by atoms with Gasteiger partial charge in [0, 0.05) is 0 Å². The number of hydrogen-bond acceptors (Lipinski definition) is 1. The molecule has 0 saturated heterocycles. The molecule has 0 aromatic heterocycles. The standard InChI is InChI=1S/C12H16O/c1-3-4-5-12(13)11-8-6-10(2)7-9-11/h3-4,6-9,12-13H,5H2,1-2H3/b4-3+. The van der Waals surface area contributed by atoms with Crippen LogP contribution in [0.1, 0.15) is 30.6 Å². The number of rotatable bonds is 3. The predicted octanol–water partition coefficient (Wildman–Crippen LogP) is 2.99. The van der Waals surface area contributed by atoms with Gasteiger partial charge in [0.05, 0.1) is 6.10 Å². The molecule has 1 heteroatoms. The van der Waals surface area contributed by atoms with Crippen LogP contribution < -0.4 is 0 Å². The lowest BCUT2D eigenvalue weighted by Crippen LogP contribution is -1.94. The van der Waals surface area contributed by atoms with Gasteiger partial charge in [-0.3, -0.25) is 0 Å². The molecule has 0 fully saturated rings. The molecule has 1 atom stereocenters. The molecule has 0 bridgehead atoms. The summed E-state index contributed by atoms with van der Waals surface area (Å²) in [5, 5.41) is 9.69. The summed E-state index contributed by atoms with van der Waals surface area (Å²) in [6, 6.07) is 8.00. The van der Waals surface area contributed by atoms with Gasteiger partial charge >= 0.3 is 0 Å². The minimum atomic E-state index is -0.364. The Kier molecular flexibility index (Phi) is 3.71. The average Bonchev–Trinajstić information content (AvgIpc) is 2.15. The van der Waals surface area contributed by atoms with Crippen LogP contribution in [0.25, 0.3) is 0 Å². The third-order valence-corrected chi connectivity index (χ3v) is 2.06. The van der Waals surface area contributed by atoms with E-state index < -0.39 is 0 Å². The average molecular weight is 176 g/mol. The van der Waals surface area contributed by atoms with Gasteiger partial charge in [0.25, 0.3) is 0 Å². The van der Waals surface area contributed by atoms with Crippen molar-refractivity contribution in [1.29, 1.82) is 0 Å². The van der Waals surface area contributed by atoms with E-state index in [1.54, 1.807) is 0 Å². The predicted molar refractivity (Wildman–Crippen MR) is 55.6 cm³/mol. The van der Waals surface area contributed by atoms with Crippen LogP contribution in [0.5, 0.6) is 0 Å². The quantitative estimate of drug-likeness (QED) is 0.702. The summed E-state index contributed by atoms with van der Waals surface area (Å²) in [7, 11) is 0. The first-order chi connectivity index (χ1) is 6.24. The zero-order chi connectivity index (χ0) is 9.68. The van der Waals surface area contributed by atoms with E-state index in [0.29, 0.717) is 6.42 Å². The molecule has 0 saturated carbocycles. The number of hydrogen-bond donors (Lipinski definition) is 1. The molecule has 0 radical (unpaired) electrons. The van der Waals surface area contributed by atoms with E-state index in [-0.39, 0.29) is 6.10 Å². The Hall–Kier alpha value is -1.08. The normalized spacial score (nSPS) is 13.5. The van der Waals surface area contributed by atoms with Crippen LogP contribution in [0.15, 0.2) is 36.4 Å². The second kappa shape index (κ2) is 4.83. The van der Waals surface area contributed by atoms with E-state index in [1.807, 2.05) is 50.3 Å². The Morgan fingerprint density at radius 2 is 1.92 bits per heavy atom. The molecule has 0 aliphatic carbocycles. The highest BCUT2D eigenvalue weighted by atomic mass is 16.3. The van der Waals surface area contributed by atoms with Gasteiger partial charge in [-0.1, -0.05) is 42.0 Å². The smallest absolute Gasteiger partial charge is 0.0824 e. The van der Waals surface area contributed by atoms with E-state index in [2.05, 4.69) is 0 Å². The minimum absolute atomic E-state index is 0.364. The number of benzene rings is 1. The summed E-state index contributed by atoms with van der Waals surface area (Å²) >= 11 is 0. The van der Waals surface area contributed by atoms with Gasteiger partial charge in [-0.2, -0.15) is 0 Å². The molecule has 1 rings (SSSR count). The Bertz CT molecular complexity index is 272. The van der Waals surface area contributed by atoms with Crippen molar-refractivity contribution in [3.8, 4) is 0 Å². The van der Waals surface area contributed by atoms with Crippen LogP contribution in [0, 0.1) is 6.92 Å². The van der Waals surface area contributed by atoms with Gasteiger partial charge < -0.3 is 5.11 Å². The van der Waals surface area contributed by atoms with Gasteiger partial charge in [-0.15, -0.1) is 0 Å². The molecule has 0 aliphatic heterocycles. The van der Waals surface area contributed by atoms with E-state index in [0.717, 1.165) is 5.56 Å². The molecular weight excluding hydrogens is 160 g/mol. The molecule has 1 aromatic carbocycles. The Balaban J connectivity index is 2.66. The van der Waals surface area contributed by atoms with Crippen molar-refractivity contribution >= 4 is 0 Å². The number of aliphatic hydroxyl groups is 1. The Morgan fingerprint density at radius 3 is 2.46 bits per heavy atom. The van der Waals surface area contributed by atoms with Gasteiger partial charge in [0.1, 0.15) is 0 Å². The first kappa shape index (κ1) is 10.0. The topological polar surface area (TPSA) is 20.2 Å². The lowest BCUT2D eigenvalue weighted by Gasteiger charge is -2.07. The Labute approximate surface area is 79.7 Å². The lowest BCUT2D eigenvalue weighted by atomic mass is 10.1. The molecule has 1 unspecified atom stereocenters. The first-order valence-electron chi connectivity index (χ1n) is 4.60. The zero-order valence-corrected chi connectivity index (χ0v) is 8.20. The molecule has 1 aromatic rings. The van der Waals surface area contributed by atoms with Gasteiger partial charge in [-0.05, 0) is 25.8 Å². The SMILES string of the molecule is C/C=C/CC(O)c1ccc(C)cc1. The van der Waals surface area contributed by atoms with Crippen molar-refractivity contribution in [3.05, 3.63) is 47.5 Å². The molecule has 70 valence electrons. The number of aliphatic hydroxyl groups excluding tert-OH is 1. The van der Waals surface area contributed by atoms with Gasteiger partial charge in [-0.25, -0.2) is 0 Å². The van der Waals surface area contributed by atoms with Crippen LogP contribution in [-0.4, -0.2) is 5.11 Å². The van der Waals surface area contributed by atoms with Crippen molar-refractivity contribution in [2.24, 2.45) is 0 Å². The molecule has 1 N–H and O–H groups in total. The van der Waals surface area contributed by atoms with E-state index in [4.69, 9.17) is 0 Å². The highest BCUT2D eigenvalue weighted by Gasteiger charge is 2.03. The third-order valence-electron chi connectivity index (χ3n) is 2.06. The zero-order valence-electron chi connectivity index (χ0n) is 8.20. The lowest BCUT2D eigenvalue weighted by molar-refractivity contribution is 0.181. The third kappa shape index (κ3) is 3.03. The second-order valence-electron chi connectivity index (χ2n) is 3.23. The molecule has 1 nitrogen and oxygen atoms in total. The summed E-state index contributed by atoms with van der Waals surface area (Å²) in [6.07, 6.45) is 4.26. The summed E-state index contributed by atoms with van der Waals surface area (Å²) in [6.45, 7) is 4.00. The summed E-state index contributed by atoms with van der Waals surface area (Å²) in [5.74, 6) is 0. The van der Waals surface area contributed by atoms with Crippen molar-refractivity contribution in [3.63, 3.8) is 0 Å². The summed E-state index contributed by atoms with van der Waals surface area (Å²) in [4.78, 5) is 0. The van der Waals surface area contributed by atoms with Gasteiger partial charge in [0.15, 0.2) is 0 Å². The van der Waals surface area contributed by atoms with Crippen molar-refractivity contribution in [1.82, 2.24) is 0 Å². The van der Waals surface area contributed by atoms with Crippen LogP contribution in [0.2, 0.25) is 0 Å². The van der Waals surface area contributed by atoms with Crippen molar-refractivity contribution in [2.45, 2.75) is 26.4 Å². The second-order valence-corrected chi connectivity index (χ2v) is 3.23. The maximum Gasteiger partial charge on any atom is 0.0824 e. The fourth-order valence-electron chi connectivity index (χ4n) is 1.19. The fourth-order valence-corrected chi connectivity index (χ4v) is 1.19. The molecule has 0 spiro atoms. The van der Waals surface area contributed by atoms with Crippen LogP contribution >= 0.6 is 0 Å². The van der Waals surface area contributed by atoms with E-state index >= 15 is 0 Å². The Morgan fingerprint density at radius 1 is 1.31 bits per heavy atom. The summed E-state index contributed by atoms with van der Waals surface area (Å²) in [5.41, 5.74) is 2.21. The van der Waals surface area contributed by atoms with Crippen molar-refractivity contribution < 1.29 is 5.11 Å². The highest BCUT2D eigenvalue weighted by Crippen LogP contribution is 2.17. The number of aryl methyl sites for hydroxylation is 1. The monoisotopic (exact) mass is 176 g/mol. The maximum absolute atomic E-state index is 9.69. The molecule has 0 heterocycles. The first-order valence-corrected chi connectivity index (χ1v) is 4.60. The van der Waals surface area contributed by atoms with Crippen molar-refractivity contribution in [2.75, 3.05) is 0 Å². The maximum atomic E-state index is 9.69. The van der Waals surface area contributed by atoms with E-state index in [1.165, 1.54) is 5.56 Å². The summed E-state index contributed by atoms with van der Waals surface area (Å²) < 4.78 is 0. The minimum Gasteiger partial charge on any atom is -0.388 e. The van der Waals surface area contributed by atoms with Crippen LogP contribution in [-0.2, 0) is 0 Å². The van der Waals surface area contributed by atoms with Crippen LogP contribution in [0.4, 0.5) is 0 Å². The molecular formula is C12H16O. The van der Waals surface area contributed by atoms with Gasteiger partial charge in [0.2, 0.25) is 0 Å². The largest absolute Gasteiger partial charge is 0.388 e. The fraction of sp³-hybridized carbons (Fsp3) is 0.333. The van der Waals surface area contributed by atoms with Crippen LogP contribution in [0.3, 0.4) is 0 Å². The molecule has 0 amide bonds. The molecule has 0 aliphatic rings. The highest BCUT2D eigenvalue weighted by molar-refractivity contribution is 5.23. The number of allylic oxidation sites excluding steroid dienone is 1.